The van der Waals surface area contributed by atoms with E-state index in [0.29, 0.717) is 17.1 Å². The molecular weight excluding hydrogens is 635 g/mol. The first-order valence-corrected chi connectivity index (χ1v) is 17.8. The Morgan fingerprint density at radius 3 is 2.36 bits per heavy atom. The van der Waals surface area contributed by atoms with Crippen LogP contribution in [-0.4, -0.2) is 72.2 Å². The van der Waals surface area contributed by atoms with Crippen molar-refractivity contribution >= 4 is 25.6 Å². The molecule has 3 atom stereocenters. The number of amides is 1. The van der Waals surface area contributed by atoms with Gasteiger partial charge in [-0.25, -0.2) is 24.5 Å². The van der Waals surface area contributed by atoms with Crippen molar-refractivity contribution in [2.75, 3.05) is 36.5 Å². The fourth-order valence-electron chi connectivity index (χ4n) is 4.32. The molecule has 3 heterocycles. The molecule has 0 aliphatic carbocycles. The summed E-state index contributed by atoms with van der Waals surface area (Å²) in [5.74, 6) is -1.46. The second kappa shape index (κ2) is 14.8. The Hall–Kier alpha value is -3.32. The number of carbonyl (C=O) groups excluding carboxylic acids is 1. The van der Waals surface area contributed by atoms with Gasteiger partial charge in [-0.3, -0.25) is 14.4 Å². The van der Waals surface area contributed by atoms with Crippen molar-refractivity contribution in [2.24, 2.45) is 5.92 Å². The Kier molecular flexibility index (Phi) is 11.9. The predicted molar refractivity (Wildman–Crippen MR) is 152 cm³/mol. The molecule has 2 N–H and O–H groups in total. The van der Waals surface area contributed by atoms with Crippen molar-refractivity contribution in [2.45, 2.75) is 76.7 Å². The van der Waals surface area contributed by atoms with Crippen molar-refractivity contribution in [1.82, 2.24) is 25.2 Å². The number of hydroxylamine groups is 1. The lowest BCUT2D eigenvalue weighted by Crippen LogP contribution is -2.44. The lowest BCUT2D eigenvalue weighted by atomic mass is 9.91. The fourth-order valence-corrected chi connectivity index (χ4v) is 5.08. The van der Waals surface area contributed by atoms with E-state index in [2.05, 4.69) is 45.5 Å². The largest absolute Gasteiger partial charge is 0.423 e. The van der Waals surface area contributed by atoms with Crippen LogP contribution in [0.2, 0.25) is 25.7 Å². The fraction of sp³-hybridized carbons (Fsp3) is 0.654. The number of piperidine rings is 1. The highest BCUT2D eigenvalue weighted by Gasteiger charge is 2.39. The van der Waals surface area contributed by atoms with Crippen molar-refractivity contribution < 1.29 is 45.1 Å². The first-order chi connectivity index (χ1) is 20.8. The van der Waals surface area contributed by atoms with Crippen LogP contribution in [0.15, 0.2) is 23.4 Å². The maximum absolute atomic E-state index is 14.8. The third-order valence-electron chi connectivity index (χ3n) is 6.83. The Morgan fingerprint density at radius 1 is 1.11 bits per heavy atom. The highest BCUT2D eigenvalue weighted by Crippen LogP contribution is 2.32. The zero-order valence-corrected chi connectivity index (χ0v) is 26.1. The minimum absolute atomic E-state index is 0.0645. The summed E-state index contributed by atoms with van der Waals surface area (Å²) in [7, 11) is -1.44. The lowest BCUT2D eigenvalue weighted by molar-refractivity contribution is -0.139. The van der Waals surface area contributed by atoms with Gasteiger partial charge >= 0.3 is 12.4 Å². The molecule has 0 aromatic carbocycles. The van der Waals surface area contributed by atoms with E-state index < -0.39 is 73.6 Å². The van der Waals surface area contributed by atoms with Crippen molar-refractivity contribution in [3.63, 3.8) is 0 Å². The molecule has 19 heteroatoms. The number of nitrogens with zero attached hydrogens (tertiary/aromatic N) is 5. The topological polar surface area (TPSA) is 124 Å². The van der Waals surface area contributed by atoms with Gasteiger partial charge in [0.25, 0.3) is 5.56 Å². The second-order valence-corrected chi connectivity index (χ2v) is 17.6. The zero-order valence-electron chi connectivity index (χ0n) is 25.1. The van der Waals surface area contributed by atoms with Gasteiger partial charge in [0.15, 0.2) is 0 Å². The molecule has 0 saturated carbocycles. The number of aromatic nitrogens is 4. The van der Waals surface area contributed by atoms with Gasteiger partial charge < -0.3 is 15.0 Å². The number of carbonyl (C=O) groups is 1. The number of hydrogen-bond acceptors (Lipinski definition) is 9. The summed E-state index contributed by atoms with van der Waals surface area (Å²) in [5.41, 5.74) is -2.31. The average molecular weight is 672 g/mol. The standard InChI is InChI=1S/C26H36F7N7O4Si/c1-16(37-20-12-36-40(15-43-7-8-45(2,3)4)23(42)22(20)26(31,32)33)14-44-38-21(41)9-17-5-6-39(13-19(17)27)24-34-10-18(11-35-24)25(28,29)30/h10-12,16-17,19,37H,5-9,13-15H2,1-4H3,(H,38,41)/t16-,17?,19?/m0/s1. The van der Waals surface area contributed by atoms with Crippen molar-refractivity contribution in [3.8, 4) is 0 Å². The summed E-state index contributed by atoms with van der Waals surface area (Å²) in [6.07, 6.45) is -9.11. The van der Waals surface area contributed by atoms with Gasteiger partial charge in [-0.2, -0.15) is 31.4 Å². The number of alkyl halides is 7. The van der Waals surface area contributed by atoms with E-state index in [1.807, 2.05) is 0 Å². The van der Waals surface area contributed by atoms with E-state index in [1.54, 1.807) is 0 Å². The summed E-state index contributed by atoms with van der Waals surface area (Å²) in [6.45, 7) is 7.28. The number of ether oxygens (including phenoxy) is 1. The van der Waals surface area contributed by atoms with Crippen molar-refractivity contribution in [3.05, 3.63) is 40.1 Å². The molecule has 0 bridgehead atoms. The van der Waals surface area contributed by atoms with Gasteiger partial charge in [-0.15, -0.1) is 0 Å². The van der Waals surface area contributed by atoms with Gasteiger partial charge in [-0.05, 0) is 19.4 Å². The Bertz CT molecular complexity index is 1340. The molecule has 0 spiro atoms. The van der Waals surface area contributed by atoms with Crippen LogP contribution in [0, 0.1) is 5.92 Å². The molecule has 2 aromatic rings. The highest BCUT2D eigenvalue weighted by atomic mass is 28.3. The smallest absolute Gasteiger partial charge is 0.378 e. The normalized spacial score (nSPS) is 18.5. The summed E-state index contributed by atoms with van der Waals surface area (Å²) in [6, 6.07) is -0.0615. The van der Waals surface area contributed by atoms with E-state index in [4.69, 9.17) is 9.57 Å². The van der Waals surface area contributed by atoms with Gasteiger partial charge in [0.2, 0.25) is 11.9 Å². The summed E-state index contributed by atoms with van der Waals surface area (Å²) in [5, 5.41) is 6.30. The quantitative estimate of drug-likeness (QED) is 0.137. The van der Waals surface area contributed by atoms with Crippen LogP contribution in [0.25, 0.3) is 0 Å². The third-order valence-corrected chi connectivity index (χ3v) is 8.53. The zero-order chi connectivity index (χ0) is 33.6. The van der Waals surface area contributed by atoms with Crippen LogP contribution in [0.5, 0.6) is 0 Å². The number of anilines is 2. The molecule has 0 radical (unpaired) electrons. The molecule has 1 aliphatic rings. The van der Waals surface area contributed by atoms with Crippen LogP contribution < -0.4 is 21.3 Å². The van der Waals surface area contributed by atoms with E-state index in [9.17, 15) is 40.3 Å². The first-order valence-electron chi connectivity index (χ1n) is 14.1. The monoisotopic (exact) mass is 671 g/mol. The van der Waals surface area contributed by atoms with Gasteiger partial charge in [0.05, 0.1) is 30.6 Å². The Morgan fingerprint density at radius 2 is 1.78 bits per heavy atom. The number of nitrogens with one attached hydrogen (secondary N) is 2. The second-order valence-electron chi connectivity index (χ2n) is 11.9. The van der Waals surface area contributed by atoms with Crippen LogP contribution in [0.4, 0.5) is 42.4 Å². The van der Waals surface area contributed by atoms with Crippen molar-refractivity contribution in [1.29, 1.82) is 0 Å². The maximum Gasteiger partial charge on any atom is 0.423 e. The van der Waals surface area contributed by atoms with E-state index >= 15 is 0 Å². The van der Waals surface area contributed by atoms with E-state index in [1.165, 1.54) is 11.8 Å². The van der Waals surface area contributed by atoms with Crippen LogP contribution in [0.3, 0.4) is 0 Å². The Labute approximate surface area is 255 Å². The maximum atomic E-state index is 14.8. The highest BCUT2D eigenvalue weighted by molar-refractivity contribution is 6.76. The molecule has 45 heavy (non-hydrogen) atoms. The molecule has 2 aromatic heterocycles. The van der Waals surface area contributed by atoms with E-state index in [0.717, 1.165) is 12.2 Å². The first kappa shape index (κ1) is 36.1. The molecule has 252 valence electrons. The third kappa shape index (κ3) is 10.9. The predicted octanol–water partition coefficient (Wildman–Crippen LogP) is 4.49. The molecule has 11 nitrogen and oxygen atoms in total. The molecule has 1 fully saturated rings. The molecule has 1 amide bonds. The van der Waals surface area contributed by atoms with E-state index in [-0.39, 0.29) is 45.1 Å². The minimum Gasteiger partial charge on any atom is -0.378 e. The molecule has 1 aliphatic heterocycles. The summed E-state index contributed by atoms with van der Waals surface area (Å²) < 4.78 is 100. The Balaban J connectivity index is 1.47. The summed E-state index contributed by atoms with van der Waals surface area (Å²) in [4.78, 5) is 38.7. The SMILES string of the molecule is C[C@@H](CONC(=O)CC1CCN(c2ncc(C(F)(F)F)cn2)CC1F)Nc1cnn(COCC[Si](C)(C)C)c(=O)c1C(F)(F)F. The molecule has 3 rings (SSSR count). The van der Waals surface area contributed by atoms with Gasteiger partial charge in [-0.1, -0.05) is 19.6 Å². The van der Waals surface area contributed by atoms with Crippen LogP contribution >= 0.6 is 0 Å². The average Bonchev–Trinajstić information content (AvgIpc) is 2.91. The number of halogens is 7. The van der Waals surface area contributed by atoms with Gasteiger partial charge in [0.1, 0.15) is 18.5 Å². The number of rotatable bonds is 13. The van der Waals surface area contributed by atoms with Gasteiger partial charge in [0, 0.05) is 52.0 Å². The molecular formula is C26H36F7N7O4Si. The molecule has 1 saturated heterocycles. The minimum atomic E-state index is -4.99. The van der Waals surface area contributed by atoms with Crippen LogP contribution in [-0.2, 0) is 33.5 Å². The molecule has 2 unspecified atom stereocenters. The lowest BCUT2D eigenvalue weighted by Gasteiger charge is -2.34. The summed E-state index contributed by atoms with van der Waals surface area (Å²) >= 11 is 0. The number of hydrogen-bond donors (Lipinski definition) is 2. The van der Waals surface area contributed by atoms with Crippen LogP contribution in [0.1, 0.15) is 30.9 Å².